The van der Waals surface area contributed by atoms with Crippen molar-refractivity contribution in [3.8, 4) is 17.2 Å². The van der Waals surface area contributed by atoms with Crippen molar-refractivity contribution < 1.29 is 27.4 Å². The van der Waals surface area contributed by atoms with Crippen LogP contribution in [0.1, 0.15) is 23.6 Å². The molecule has 2 aliphatic rings. The molecular formula is C28H26F3N3O3. The molecule has 3 aromatic carbocycles. The minimum atomic E-state index is -4.51. The fraction of sp³-hybridized carbons (Fsp3) is 0.286. The topological polar surface area (TPSA) is 54.4 Å². The minimum Gasteiger partial charge on any atom is -0.497 e. The lowest BCUT2D eigenvalue weighted by atomic mass is 10.1. The Morgan fingerprint density at radius 2 is 1.84 bits per heavy atom. The molecule has 2 aliphatic heterocycles. The number of carbonyl (C=O) groups excluding carboxylic acids is 1. The summed E-state index contributed by atoms with van der Waals surface area (Å²) in [7, 11) is 1.53. The molecule has 6 nitrogen and oxygen atoms in total. The standard InChI is InChI=1S/C28H26F3N3O3/c1-18-17-33(12-13-34(18)26(35)14-19-6-4-3-5-7-19)27-22-10-9-21(36-2)16-25(22)37-24-11-8-20(28(29,30)31)15-23(24)32-27/h3-11,15-16,18H,12-14,17H2,1-2H3. The maximum absolute atomic E-state index is 13.4. The van der Waals surface area contributed by atoms with Crippen molar-refractivity contribution >= 4 is 17.4 Å². The Labute approximate surface area is 212 Å². The van der Waals surface area contributed by atoms with E-state index < -0.39 is 11.7 Å². The zero-order valence-corrected chi connectivity index (χ0v) is 20.5. The fourth-order valence-electron chi connectivity index (χ4n) is 4.69. The zero-order chi connectivity index (χ0) is 26.2. The number of nitrogens with zero attached hydrogens (tertiary/aromatic N) is 3. The molecule has 2 heterocycles. The minimum absolute atomic E-state index is 0.0368. The van der Waals surface area contributed by atoms with Crippen LogP contribution in [0.2, 0.25) is 0 Å². The van der Waals surface area contributed by atoms with Gasteiger partial charge >= 0.3 is 6.18 Å². The van der Waals surface area contributed by atoms with Crippen LogP contribution < -0.4 is 9.47 Å². The highest BCUT2D eigenvalue weighted by molar-refractivity contribution is 6.04. The third kappa shape index (κ3) is 5.12. The number of fused-ring (bicyclic) bond motifs is 2. The molecule has 0 spiro atoms. The number of methoxy groups -OCH3 is 1. The smallest absolute Gasteiger partial charge is 0.416 e. The molecule has 0 aliphatic carbocycles. The first-order chi connectivity index (χ1) is 17.7. The van der Waals surface area contributed by atoms with E-state index in [0.29, 0.717) is 49.0 Å². The van der Waals surface area contributed by atoms with Gasteiger partial charge in [-0.3, -0.25) is 4.79 Å². The second-order valence-corrected chi connectivity index (χ2v) is 9.12. The summed E-state index contributed by atoms with van der Waals surface area (Å²) in [6, 6.07) is 18.0. The van der Waals surface area contributed by atoms with Gasteiger partial charge in [0.15, 0.2) is 5.75 Å². The lowest BCUT2D eigenvalue weighted by Crippen LogP contribution is -2.55. The maximum Gasteiger partial charge on any atom is 0.416 e. The van der Waals surface area contributed by atoms with Crippen molar-refractivity contribution in [1.29, 1.82) is 0 Å². The molecule has 1 unspecified atom stereocenters. The van der Waals surface area contributed by atoms with E-state index in [4.69, 9.17) is 9.47 Å². The van der Waals surface area contributed by atoms with Gasteiger partial charge in [0.05, 0.1) is 24.7 Å². The van der Waals surface area contributed by atoms with Crippen molar-refractivity contribution in [2.75, 3.05) is 26.7 Å². The summed E-state index contributed by atoms with van der Waals surface area (Å²) in [6.07, 6.45) is -4.19. The van der Waals surface area contributed by atoms with Crippen molar-refractivity contribution in [2.24, 2.45) is 4.99 Å². The number of amides is 1. The number of ether oxygens (including phenoxy) is 2. The van der Waals surface area contributed by atoms with Crippen LogP contribution in [0, 0.1) is 0 Å². The molecule has 0 saturated carbocycles. The fourth-order valence-corrected chi connectivity index (χ4v) is 4.69. The van der Waals surface area contributed by atoms with Crippen LogP contribution in [0.4, 0.5) is 18.9 Å². The number of carbonyl (C=O) groups is 1. The highest BCUT2D eigenvalue weighted by atomic mass is 19.4. The van der Waals surface area contributed by atoms with E-state index in [1.807, 2.05) is 47.1 Å². The Morgan fingerprint density at radius 1 is 1.05 bits per heavy atom. The number of aliphatic imine (C=N–C) groups is 1. The van der Waals surface area contributed by atoms with Gasteiger partial charge in [0.2, 0.25) is 5.91 Å². The predicted molar refractivity (Wildman–Crippen MR) is 134 cm³/mol. The van der Waals surface area contributed by atoms with Gasteiger partial charge in [-0.2, -0.15) is 13.2 Å². The molecule has 0 aromatic heterocycles. The highest BCUT2D eigenvalue weighted by Gasteiger charge is 2.34. The summed E-state index contributed by atoms with van der Waals surface area (Å²) in [5, 5.41) is 0. The molecule has 0 radical (unpaired) electrons. The van der Waals surface area contributed by atoms with Gasteiger partial charge in [-0.05, 0) is 42.8 Å². The lowest BCUT2D eigenvalue weighted by molar-refractivity contribution is -0.137. The maximum atomic E-state index is 13.4. The number of alkyl halides is 3. The summed E-state index contributed by atoms with van der Waals surface area (Å²) in [6.45, 7) is 3.38. The molecule has 9 heteroatoms. The summed E-state index contributed by atoms with van der Waals surface area (Å²) < 4.78 is 51.7. The predicted octanol–water partition coefficient (Wildman–Crippen LogP) is 5.67. The third-order valence-corrected chi connectivity index (χ3v) is 6.61. The Bertz CT molecular complexity index is 1340. The van der Waals surface area contributed by atoms with Gasteiger partial charge in [0.25, 0.3) is 0 Å². The monoisotopic (exact) mass is 509 g/mol. The molecule has 1 fully saturated rings. The van der Waals surface area contributed by atoms with Crippen molar-refractivity contribution in [1.82, 2.24) is 9.80 Å². The average molecular weight is 510 g/mol. The second-order valence-electron chi connectivity index (χ2n) is 9.12. The van der Waals surface area contributed by atoms with Crippen molar-refractivity contribution in [2.45, 2.75) is 25.6 Å². The van der Waals surface area contributed by atoms with Crippen LogP contribution in [-0.4, -0.2) is 54.3 Å². The molecule has 1 amide bonds. The van der Waals surface area contributed by atoms with Crippen LogP contribution in [0.15, 0.2) is 71.7 Å². The number of benzene rings is 3. The van der Waals surface area contributed by atoms with E-state index in [9.17, 15) is 18.0 Å². The molecule has 192 valence electrons. The van der Waals surface area contributed by atoms with Crippen LogP contribution in [-0.2, 0) is 17.4 Å². The summed E-state index contributed by atoms with van der Waals surface area (Å²) in [5.74, 6) is 1.75. The van der Waals surface area contributed by atoms with Crippen LogP contribution in [0.5, 0.6) is 17.2 Å². The van der Waals surface area contributed by atoms with Gasteiger partial charge in [0, 0.05) is 31.7 Å². The van der Waals surface area contributed by atoms with Gasteiger partial charge in [-0.1, -0.05) is 30.3 Å². The first-order valence-corrected chi connectivity index (χ1v) is 12.0. The molecule has 0 bridgehead atoms. The first kappa shape index (κ1) is 24.7. The summed E-state index contributed by atoms with van der Waals surface area (Å²) in [5.41, 5.74) is 0.885. The molecule has 5 rings (SSSR count). The van der Waals surface area contributed by atoms with E-state index in [1.165, 1.54) is 13.2 Å². The quantitative estimate of drug-likeness (QED) is 0.456. The van der Waals surface area contributed by atoms with E-state index in [2.05, 4.69) is 4.99 Å². The number of piperazine rings is 1. The lowest BCUT2D eigenvalue weighted by Gasteiger charge is -2.41. The summed E-state index contributed by atoms with van der Waals surface area (Å²) >= 11 is 0. The van der Waals surface area contributed by atoms with E-state index in [0.717, 1.165) is 17.7 Å². The SMILES string of the molecule is COc1ccc2c(c1)Oc1ccc(C(F)(F)F)cc1N=C2N1CCN(C(=O)Cc2ccccc2)C(C)C1. The largest absolute Gasteiger partial charge is 0.497 e. The van der Waals surface area contributed by atoms with Gasteiger partial charge in [-0.25, -0.2) is 4.99 Å². The summed E-state index contributed by atoms with van der Waals surface area (Å²) in [4.78, 5) is 21.5. The van der Waals surface area contributed by atoms with E-state index in [1.54, 1.807) is 18.2 Å². The molecule has 37 heavy (non-hydrogen) atoms. The zero-order valence-electron chi connectivity index (χ0n) is 20.5. The number of rotatable bonds is 3. The van der Waals surface area contributed by atoms with Gasteiger partial charge in [0.1, 0.15) is 23.0 Å². The van der Waals surface area contributed by atoms with Crippen molar-refractivity contribution in [3.05, 3.63) is 83.4 Å². The Kier molecular flexibility index (Phi) is 6.54. The number of halogens is 3. The Hall–Kier alpha value is -4.01. The van der Waals surface area contributed by atoms with E-state index in [-0.39, 0.29) is 23.4 Å². The molecule has 3 aromatic rings. The highest BCUT2D eigenvalue weighted by Crippen LogP contribution is 2.42. The molecule has 1 atom stereocenters. The number of amidine groups is 1. The van der Waals surface area contributed by atoms with Crippen LogP contribution >= 0.6 is 0 Å². The van der Waals surface area contributed by atoms with Gasteiger partial charge < -0.3 is 19.3 Å². The first-order valence-electron chi connectivity index (χ1n) is 12.0. The number of hydrogen-bond donors (Lipinski definition) is 0. The second kappa shape index (κ2) is 9.80. The van der Waals surface area contributed by atoms with Crippen LogP contribution in [0.25, 0.3) is 0 Å². The Balaban J connectivity index is 1.46. The average Bonchev–Trinajstić information content (AvgIpc) is 3.04. The molecule has 0 N–H and O–H groups in total. The molecular weight excluding hydrogens is 483 g/mol. The normalized spacial score (nSPS) is 17.2. The van der Waals surface area contributed by atoms with Crippen molar-refractivity contribution in [3.63, 3.8) is 0 Å². The Morgan fingerprint density at radius 3 is 2.54 bits per heavy atom. The number of hydrogen-bond acceptors (Lipinski definition) is 5. The molecule has 1 saturated heterocycles. The van der Waals surface area contributed by atoms with Crippen LogP contribution in [0.3, 0.4) is 0 Å². The van der Waals surface area contributed by atoms with E-state index >= 15 is 0 Å². The third-order valence-electron chi connectivity index (χ3n) is 6.61. The van der Waals surface area contributed by atoms with Gasteiger partial charge in [-0.15, -0.1) is 0 Å².